The smallest absolute Gasteiger partial charge is 0.270 e. The number of hydrogen-bond donors (Lipinski definition) is 2. The van der Waals surface area contributed by atoms with Crippen LogP contribution < -0.4 is 10.6 Å². The number of benzene rings is 2. The van der Waals surface area contributed by atoms with E-state index in [4.69, 9.17) is 4.84 Å². The maximum absolute atomic E-state index is 12.8. The molecule has 0 saturated heterocycles. The molecule has 0 aliphatic carbocycles. The zero-order chi connectivity index (χ0) is 17.9. The summed E-state index contributed by atoms with van der Waals surface area (Å²) >= 11 is 0. The highest BCUT2D eigenvalue weighted by Gasteiger charge is 2.02. The van der Waals surface area contributed by atoms with Crippen molar-refractivity contribution in [1.82, 2.24) is 5.32 Å². The highest BCUT2D eigenvalue weighted by molar-refractivity contribution is 6.31. The molecule has 0 saturated carbocycles. The minimum absolute atomic E-state index is 0.293. The Morgan fingerprint density at radius 2 is 1.80 bits per heavy atom. The third-order valence-electron chi connectivity index (χ3n) is 3.13. The summed E-state index contributed by atoms with van der Waals surface area (Å²) in [5.74, 6) is -1.11. The first-order valence-corrected chi connectivity index (χ1v) is 7.66. The van der Waals surface area contributed by atoms with E-state index in [0.717, 1.165) is 11.8 Å². The topological polar surface area (TPSA) is 79.8 Å². The molecule has 7 heteroatoms. The van der Waals surface area contributed by atoms with E-state index >= 15 is 0 Å². The van der Waals surface area contributed by atoms with Crippen LogP contribution in [0.5, 0.6) is 0 Å². The lowest BCUT2D eigenvalue weighted by molar-refractivity contribution is -0.125. The second-order valence-electron chi connectivity index (χ2n) is 5.09. The van der Waals surface area contributed by atoms with Gasteiger partial charge in [0.25, 0.3) is 11.8 Å². The Labute approximate surface area is 144 Å². The van der Waals surface area contributed by atoms with Crippen molar-refractivity contribution in [2.24, 2.45) is 5.16 Å². The van der Waals surface area contributed by atoms with Crippen molar-refractivity contribution in [3.63, 3.8) is 0 Å². The molecule has 0 heterocycles. The summed E-state index contributed by atoms with van der Waals surface area (Å²) < 4.78 is 12.8. The fourth-order valence-electron chi connectivity index (χ4n) is 1.93. The van der Waals surface area contributed by atoms with E-state index in [9.17, 15) is 14.0 Å². The molecule has 6 nitrogen and oxygen atoms in total. The van der Waals surface area contributed by atoms with Crippen LogP contribution in [-0.4, -0.2) is 31.2 Å². The third kappa shape index (κ3) is 7.26. The lowest BCUT2D eigenvalue weighted by atomic mass is 10.1. The molecule has 0 spiro atoms. The van der Waals surface area contributed by atoms with Gasteiger partial charge in [-0.15, -0.1) is 0 Å². The summed E-state index contributed by atoms with van der Waals surface area (Å²) in [6.45, 7) is 0.102. The quantitative estimate of drug-likeness (QED) is 0.569. The predicted octanol–water partition coefficient (Wildman–Crippen LogP) is 2.13. The van der Waals surface area contributed by atoms with Crippen LogP contribution in [0.3, 0.4) is 0 Å². The molecule has 0 aromatic heterocycles. The summed E-state index contributed by atoms with van der Waals surface area (Å²) in [4.78, 5) is 27.9. The van der Waals surface area contributed by atoms with E-state index in [-0.39, 0.29) is 18.3 Å². The average molecular weight is 343 g/mol. The van der Waals surface area contributed by atoms with Crippen molar-refractivity contribution >= 4 is 23.7 Å². The number of hydrogen-bond acceptors (Lipinski definition) is 4. The molecule has 0 aliphatic heterocycles. The number of para-hydroxylation sites is 1. The number of halogens is 1. The molecule has 2 aromatic rings. The van der Waals surface area contributed by atoms with Crippen LogP contribution in [0.25, 0.3) is 0 Å². The highest BCUT2D eigenvalue weighted by Crippen LogP contribution is 2.04. The van der Waals surface area contributed by atoms with Gasteiger partial charge in [0, 0.05) is 12.2 Å². The Bertz CT molecular complexity index is 718. The molecular formula is C18H18FN3O3. The molecule has 0 atom stereocenters. The molecule has 0 unspecified atom stereocenters. The third-order valence-corrected chi connectivity index (χ3v) is 3.13. The number of carbonyl (C=O) groups is 2. The van der Waals surface area contributed by atoms with Crippen LogP contribution in [0, 0.1) is 5.82 Å². The Balaban J connectivity index is 1.59. The average Bonchev–Trinajstić information content (AvgIpc) is 2.61. The van der Waals surface area contributed by atoms with E-state index in [1.54, 1.807) is 36.4 Å². The van der Waals surface area contributed by atoms with Crippen molar-refractivity contribution in [2.75, 3.05) is 18.5 Å². The van der Waals surface area contributed by atoms with Crippen molar-refractivity contribution in [2.45, 2.75) is 6.42 Å². The van der Waals surface area contributed by atoms with Gasteiger partial charge in [-0.2, -0.15) is 0 Å². The number of nitrogens with zero attached hydrogens (tertiary/aromatic N) is 1. The Hall–Kier alpha value is -3.22. The Morgan fingerprint density at radius 1 is 1.08 bits per heavy atom. The van der Waals surface area contributed by atoms with Gasteiger partial charge in [-0.05, 0) is 36.2 Å². The lowest BCUT2D eigenvalue weighted by Crippen LogP contribution is -2.29. The summed E-state index contributed by atoms with van der Waals surface area (Å²) in [7, 11) is 0. The molecule has 0 fully saturated rings. The molecular weight excluding hydrogens is 325 g/mol. The van der Waals surface area contributed by atoms with E-state index in [2.05, 4.69) is 15.8 Å². The monoisotopic (exact) mass is 343 g/mol. The Morgan fingerprint density at radius 3 is 2.52 bits per heavy atom. The second kappa shape index (κ2) is 9.82. The van der Waals surface area contributed by atoms with Gasteiger partial charge in [0.05, 0.1) is 0 Å². The molecule has 25 heavy (non-hydrogen) atoms. The first-order chi connectivity index (χ1) is 12.1. The van der Waals surface area contributed by atoms with Gasteiger partial charge in [0.2, 0.25) is 0 Å². The molecule has 130 valence electrons. The van der Waals surface area contributed by atoms with Gasteiger partial charge in [0.15, 0.2) is 6.61 Å². The molecule has 0 aliphatic rings. The minimum Gasteiger partial charge on any atom is -0.386 e. The lowest BCUT2D eigenvalue weighted by Gasteiger charge is -2.04. The van der Waals surface area contributed by atoms with Crippen LogP contribution in [0.2, 0.25) is 0 Å². The standard InChI is InChI=1S/C18H18FN3O3/c19-15-8-6-14(7-9-15)10-11-20-18(24)13-25-21-12-17(23)22-16-4-2-1-3-5-16/h1-9,12H,10-11,13H2,(H,20,24)(H,22,23). The maximum Gasteiger partial charge on any atom is 0.270 e. The molecule has 2 rings (SSSR count). The van der Waals surface area contributed by atoms with Crippen LogP contribution in [0.4, 0.5) is 10.1 Å². The van der Waals surface area contributed by atoms with E-state index < -0.39 is 5.91 Å². The van der Waals surface area contributed by atoms with Crippen LogP contribution in [0.15, 0.2) is 59.8 Å². The molecule has 2 aromatic carbocycles. The van der Waals surface area contributed by atoms with E-state index in [1.165, 1.54) is 12.1 Å². The van der Waals surface area contributed by atoms with Crippen LogP contribution in [-0.2, 0) is 20.8 Å². The minimum atomic E-state index is -0.456. The van der Waals surface area contributed by atoms with Crippen molar-refractivity contribution in [1.29, 1.82) is 0 Å². The zero-order valence-electron chi connectivity index (χ0n) is 13.4. The summed E-state index contributed by atoms with van der Waals surface area (Å²) in [5.41, 5.74) is 1.55. The molecule has 0 radical (unpaired) electrons. The maximum atomic E-state index is 12.8. The number of oxime groups is 1. The van der Waals surface area contributed by atoms with Crippen LogP contribution in [0.1, 0.15) is 5.56 Å². The number of anilines is 1. The van der Waals surface area contributed by atoms with Gasteiger partial charge in [-0.25, -0.2) is 4.39 Å². The number of rotatable bonds is 8. The zero-order valence-corrected chi connectivity index (χ0v) is 13.4. The van der Waals surface area contributed by atoms with Gasteiger partial charge < -0.3 is 15.5 Å². The largest absolute Gasteiger partial charge is 0.386 e. The molecule has 2 amide bonds. The van der Waals surface area contributed by atoms with Crippen LogP contribution >= 0.6 is 0 Å². The fourth-order valence-corrected chi connectivity index (χ4v) is 1.93. The second-order valence-corrected chi connectivity index (χ2v) is 5.09. The van der Waals surface area contributed by atoms with Crippen molar-refractivity contribution in [3.8, 4) is 0 Å². The van der Waals surface area contributed by atoms with E-state index in [1.807, 2.05) is 6.07 Å². The van der Waals surface area contributed by atoms with Gasteiger partial charge in [-0.3, -0.25) is 9.59 Å². The molecule has 2 N–H and O–H groups in total. The van der Waals surface area contributed by atoms with Gasteiger partial charge in [0.1, 0.15) is 12.0 Å². The van der Waals surface area contributed by atoms with Gasteiger partial charge >= 0.3 is 0 Å². The molecule has 0 bridgehead atoms. The van der Waals surface area contributed by atoms with Crippen molar-refractivity contribution in [3.05, 3.63) is 66.0 Å². The predicted molar refractivity (Wildman–Crippen MR) is 92.6 cm³/mol. The van der Waals surface area contributed by atoms with E-state index in [0.29, 0.717) is 18.7 Å². The SMILES string of the molecule is O=C(C=NOCC(=O)NCCc1ccc(F)cc1)Nc1ccccc1. The highest BCUT2D eigenvalue weighted by atomic mass is 19.1. The van der Waals surface area contributed by atoms with Gasteiger partial charge in [-0.1, -0.05) is 35.5 Å². The number of nitrogens with one attached hydrogen (secondary N) is 2. The normalized spacial score (nSPS) is 10.4. The summed E-state index contributed by atoms with van der Waals surface area (Å²) in [6, 6.07) is 15.0. The summed E-state index contributed by atoms with van der Waals surface area (Å²) in [5, 5.41) is 8.68. The fraction of sp³-hybridized carbons (Fsp3) is 0.167. The van der Waals surface area contributed by atoms with Crippen molar-refractivity contribution < 1.29 is 18.8 Å². The number of carbonyl (C=O) groups excluding carboxylic acids is 2. The number of amides is 2. The summed E-state index contributed by atoms with van der Waals surface area (Å²) in [6.07, 6.45) is 1.54. The Kier molecular flexibility index (Phi) is 7.12. The first kappa shape index (κ1) is 18.1. The first-order valence-electron chi connectivity index (χ1n) is 7.66.